The Hall–Kier alpha value is -0.700. The van der Waals surface area contributed by atoms with Crippen LogP contribution in [0.4, 0.5) is 0 Å². The molecule has 0 amide bonds. The molecule has 3 atom stereocenters. The summed E-state index contributed by atoms with van der Waals surface area (Å²) in [5, 5.41) is 3.93. The van der Waals surface area contributed by atoms with E-state index in [1.54, 1.807) is 0 Å². The second kappa shape index (κ2) is 11.6. The zero-order chi connectivity index (χ0) is 25.1. The van der Waals surface area contributed by atoms with Crippen molar-refractivity contribution in [2.24, 2.45) is 17.8 Å². The van der Waals surface area contributed by atoms with Gasteiger partial charge in [0.1, 0.15) is 0 Å². The Kier molecular flexibility index (Phi) is 9.49. The predicted molar refractivity (Wildman–Crippen MR) is 159 cm³/mol. The number of rotatable bonds is 9. The Morgan fingerprint density at radius 2 is 1.18 bits per heavy atom. The van der Waals surface area contributed by atoms with Gasteiger partial charge in [-0.1, -0.05) is 137 Å². The van der Waals surface area contributed by atoms with E-state index in [2.05, 4.69) is 123 Å². The summed E-state index contributed by atoms with van der Waals surface area (Å²) in [6, 6.07) is 22.6. The predicted octanol–water partition coefficient (Wildman–Crippen LogP) is 9.42. The first-order valence-corrected chi connectivity index (χ1v) is 16.4. The highest BCUT2D eigenvalue weighted by molar-refractivity contribution is 7.73. The van der Waals surface area contributed by atoms with E-state index >= 15 is 0 Å². The van der Waals surface area contributed by atoms with Crippen LogP contribution in [0.3, 0.4) is 0 Å². The summed E-state index contributed by atoms with van der Waals surface area (Å²) in [6.07, 6.45) is 5.62. The van der Waals surface area contributed by atoms with Crippen LogP contribution in [0.1, 0.15) is 88.0 Å². The number of hydrogen-bond donors (Lipinski definition) is 0. The maximum atomic E-state index is 2.59. The SMILES string of the molecule is CC[C@@H](C[C@@H](C)P(c1ccccc1)c1ccccc1)C1CC([C@@H](C)P(C(C)(C)C)C(C)(C)C)C1. The average molecular weight is 497 g/mol. The second-order valence-corrected chi connectivity index (χ2v) is 19.6. The van der Waals surface area contributed by atoms with Gasteiger partial charge in [-0.25, -0.2) is 0 Å². The molecule has 0 unspecified atom stereocenters. The van der Waals surface area contributed by atoms with E-state index in [-0.39, 0.29) is 15.8 Å². The first-order chi connectivity index (χ1) is 15.9. The van der Waals surface area contributed by atoms with Crippen LogP contribution < -0.4 is 10.6 Å². The van der Waals surface area contributed by atoms with Crippen molar-refractivity contribution in [2.75, 3.05) is 0 Å². The maximum absolute atomic E-state index is 2.59. The van der Waals surface area contributed by atoms with Crippen molar-refractivity contribution < 1.29 is 0 Å². The summed E-state index contributed by atoms with van der Waals surface area (Å²) < 4.78 is 0. The van der Waals surface area contributed by atoms with Gasteiger partial charge < -0.3 is 0 Å². The molecule has 3 rings (SSSR count). The molecular formula is C32H50P2. The van der Waals surface area contributed by atoms with Gasteiger partial charge in [-0.05, 0) is 77.2 Å². The summed E-state index contributed by atoms with van der Waals surface area (Å²) in [5.74, 6) is 2.73. The third kappa shape index (κ3) is 6.74. The Morgan fingerprint density at radius 3 is 1.56 bits per heavy atom. The molecule has 1 fully saturated rings. The van der Waals surface area contributed by atoms with Crippen LogP contribution in [0.5, 0.6) is 0 Å². The quantitative estimate of drug-likeness (QED) is 0.303. The molecule has 2 heteroatoms. The van der Waals surface area contributed by atoms with Gasteiger partial charge in [-0.15, -0.1) is 0 Å². The molecule has 0 aliphatic heterocycles. The topological polar surface area (TPSA) is 0 Å². The monoisotopic (exact) mass is 496 g/mol. The molecule has 0 nitrogen and oxygen atoms in total. The van der Waals surface area contributed by atoms with Crippen molar-refractivity contribution >= 4 is 26.5 Å². The molecule has 188 valence electrons. The van der Waals surface area contributed by atoms with Gasteiger partial charge in [0.2, 0.25) is 0 Å². The fraction of sp³-hybridized carbons (Fsp3) is 0.625. The molecule has 2 aromatic carbocycles. The van der Waals surface area contributed by atoms with E-state index in [0.29, 0.717) is 16.0 Å². The molecule has 0 spiro atoms. The lowest BCUT2D eigenvalue weighted by molar-refractivity contribution is 0.113. The third-order valence-corrected chi connectivity index (χ3v) is 15.0. The second-order valence-electron chi connectivity index (χ2n) is 12.7. The van der Waals surface area contributed by atoms with Crippen LogP contribution in [0.15, 0.2) is 60.7 Å². The molecular weight excluding hydrogens is 446 g/mol. The van der Waals surface area contributed by atoms with Gasteiger partial charge in [0.05, 0.1) is 0 Å². The van der Waals surface area contributed by atoms with E-state index in [0.717, 1.165) is 23.4 Å². The van der Waals surface area contributed by atoms with Crippen LogP contribution in [-0.2, 0) is 0 Å². The first-order valence-electron chi connectivity index (χ1n) is 13.6. The molecule has 1 aliphatic rings. The van der Waals surface area contributed by atoms with Gasteiger partial charge in [-0.3, -0.25) is 0 Å². The van der Waals surface area contributed by atoms with Gasteiger partial charge in [0.15, 0.2) is 0 Å². The standard InChI is InChI=1S/C32H50P2/c1-10-26(28-22-27(23-28)25(3)34(31(4,5)6)32(7,8)9)21-24(2)33(29-17-13-11-14-18-29)30-19-15-12-16-20-30/h11-20,24-28H,10,21-23H2,1-9H3/t24-,25-,26+,27?,28?/m1/s1. The molecule has 0 radical (unpaired) electrons. The Balaban J connectivity index is 1.69. The number of benzene rings is 2. The summed E-state index contributed by atoms with van der Waals surface area (Å²) >= 11 is 0. The van der Waals surface area contributed by atoms with Crippen LogP contribution in [-0.4, -0.2) is 21.6 Å². The summed E-state index contributed by atoms with van der Waals surface area (Å²) in [5.41, 5.74) is 1.58. The molecule has 1 saturated carbocycles. The van der Waals surface area contributed by atoms with Crippen LogP contribution >= 0.6 is 15.8 Å². The average Bonchev–Trinajstić information content (AvgIpc) is 2.71. The summed E-state index contributed by atoms with van der Waals surface area (Å²) in [7, 11) is -0.342. The Morgan fingerprint density at radius 1 is 0.735 bits per heavy atom. The van der Waals surface area contributed by atoms with Crippen LogP contribution in [0.2, 0.25) is 0 Å². The summed E-state index contributed by atoms with van der Waals surface area (Å²) in [6.45, 7) is 22.5. The van der Waals surface area contributed by atoms with Crippen LogP contribution in [0.25, 0.3) is 0 Å². The van der Waals surface area contributed by atoms with E-state index < -0.39 is 0 Å². The van der Waals surface area contributed by atoms with Gasteiger partial charge in [-0.2, -0.15) is 0 Å². The highest BCUT2D eigenvalue weighted by atomic mass is 31.1. The van der Waals surface area contributed by atoms with Crippen molar-refractivity contribution in [2.45, 2.75) is 110 Å². The van der Waals surface area contributed by atoms with E-state index in [9.17, 15) is 0 Å². The normalized spacial score (nSPS) is 21.9. The van der Waals surface area contributed by atoms with Crippen molar-refractivity contribution in [3.05, 3.63) is 60.7 Å². The first kappa shape index (κ1) is 27.9. The Labute approximate surface area is 214 Å². The summed E-state index contributed by atoms with van der Waals surface area (Å²) in [4.78, 5) is 0. The lowest BCUT2D eigenvalue weighted by atomic mass is 9.65. The van der Waals surface area contributed by atoms with Crippen molar-refractivity contribution in [1.29, 1.82) is 0 Å². The number of hydrogen-bond acceptors (Lipinski definition) is 0. The fourth-order valence-corrected chi connectivity index (χ4v) is 14.9. The van der Waals surface area contributed by atoms with E-state index in [1.165, 1.54) is 36.3 Å². The highest BCUT2D eigenvalue weighted by Crippen LogP contribution is 2.66. The zero-order valence-electron chi connectivity index (χ0n) is 23.4. The maximum Gasteiger partial charge on any atom is -0.0154 e. The van der Waals surface area contributed by atoms with E-state index in [4.69, 9.17) is 0 Å². The molecule has 1 aliphatic carbocycles. The lowest BCUT2D eigenvalue weighted by Gasteiger charge is -2.52. The van der Waals surface area contributed by atoms with Gasteiger partial charge in [0, 0.05) is 0 Å². The molecule has 34 heavy (non-hydrogen) atoms. The van der Waals surface area contributed by atoms with Crippen LogP contribution in [0, 0.1) is 17.8 Å². The zero-order valence-corrected chi connectivity index (χ0v) is 25.2. The largest absolute Gasteiger partial charge is 0.0924 e. The molecule has 0 heterocycles. The van der Waals surface area contributed by atoms with Gasteiger partial charge in [0.25, 0.3) is 0 Å². The third-order valence-electron chi connectivity index (χ3n) is 8.09. The van der Waals surface area contributed by atoms with E-state index in [1.807, 2.05) is 0 Å². The highest BCUT2D eigenvalue weighted by Gasteiger charge is 2.45. The molecule has 0 N–H and O–H groups in total. The van der Waals surface area contributed by atoms with Gasteiger partial charge >= 0.3 is 0 Å². The van der Waals surface area contributed by atoms with Crippen molar-refractivity contribution in [3.8, 4) is 0 Å². The minimum Gasteiger partial charge on any atom is -0.0924 e. The lowest BCUT2D eigenvalue weighted by Crippen LogP contribution is -2.41. The molecule has 2 aromatic rings. The minimum atomic E-state index is -0.318. The molecule has 0 saturated heterocycles. The smallest absolute Gasteiger partial charge is 0.0154 e. The molecule has 0 aromatic heterocycles. The fourth-order valence-electron chi connectivity index (χ4n) is 7.00. The molecule has 0 bridgehead atoms. The minimum absolute atomic E-state index is 0.0250. The Bertz CT molecular complexity index is 802. The van der Waals surface area contributed by atoms with Crippen molar-refractivity contribution in [1.82, 2.24) is 0 Å². The van der Waals surface area contributed by atoms with Crippen molar-refractivity contribution in [3.63, 3.8) is 0 Å².